The number of amides is 2. The van der Waals surface area contributed by atoms with Gasteiger partial charge < -0.3 is 29.2 Å². The van der Waals surface area contributed by atoms with Gasteiger partial charge in [-0.15, -0.1) is 0 Å². The average Bonchev–Trinajstić information content (AvgIpc) is 3.06. The highest BCUT2D eigenvalue weighted by Gasteiger charge is 2.30. The van der Waals surface area contributed by atoms with E-state index < -0.39 is 6.04 Å². The van der Waals surface area contributed by atoms with Crippen molar-refractivity contribution in [1.82, 2.24) is 10.2 Å². The van der Waals surface area contributed by atoms with Gasteiger partial charge in [-0.1, -0.05) is 60.7 Å². The lowest BCUT2D eigenvalue weighted by Gasteiger charge is -2.32. The summed E-state index contributed by atoms with van der Waals surface area (Å²) in [5.41, 5.74) is 3.50. The van der Waals surface area contributed by atoms with Gasteiger partial charge in [0, 0.05) is 19.5 Å². The summed E-state index contributed by atoms with van der Waals surface area (Å²) in [6.45, 7) is 0.554. The van der Waals surface area contributed by atoms with Gasteiger partial charge in [-0.3, -0.25) is 9.59 Å². The molecule has 1 unspecified atom stereocenters. The zero-order valence-electron chi connectivity index (χ0n) is 25.0. The van der Waals surface area contributed by atoms with E-state index in [1.54, 1.807) is 45.5 Å². The molecule has 8 heteroatoms. The number of methoxy groups -OCH3 is 4. The maximum atomic E-state index is 14.1. The first kappa shape index (κ1) is 31.0. The summed E-state index contributed by atoms with van der Waals surface area (Å²) in [7, 11) is 6.35. The Morgan fingerprint density at radius 1 is 0.651 bits per heavy atom. The van der Waals surface area contributed by atoms with Crippen LogP contribution < -0.4 is 24.3 Å². The standard InChI is InChI=1S/C35H38N2O6/c1-40-29-15-10-26(11-16-29)23-36-35(39)31(20-25-8-6-5-7-9-25)37(24-27-12-17-30(41-2)18-13-27)34(38)22-28-14-19-32(42-3)33(21-28)43-4/h5-19,21,31H,20,22-24H2,1-4H3,(H,36,39). The minimum absolute atomic E-state index is 0.0769. The van der Waals surface area contributed by atoms with Crippen molar-refractivity contribution in [2.75, 3.05) is 28.4 Å². The van der Waals surface area contributed by atoms with Crippen LogP contribution in [0.4, 0.5) is 0 Å². The quantitative estimate of drug-likeness (QED) is 0.220. The predicted molar refractivity (Wildman–Crippen MR) is 166 cm³/mol. The molecule has 0 aliphatic carbocycles. The van der Waals surface area contributed by atoms with E-state index in [0.717, 1.165) is 28.0 Å². The van der Waals surface area contributed by atoms with E-state index in [0.29, 0.717) is 30.2 Å². The van der Waals surface area contributed by atoms with E-state index in [2.05, 4.69) is 5.32 Å². The van der Waals surface area contributed by atoms with Crippen LogP contribution in [0.5, 0.6) is 23.0 Å². The molecule has 0 aromatic heterocycles. The largest absolute Gasteiger partial charge is 0.497 e. The van der Waals surface area contributed by atoms with Gasteiger partial charge in [0.2, 0.25) is 11.8 Å². The number of carbonyl (C=O) groups excluding carboxylic acids is 2. The molecule has 0 aliphatic rings. The molecule has 1 atom stereocenters. The first-order valence-electron chi connectivity index (χ1n) is 14.0. The summed E-state index contributed by atoms with van der Waals surface area (Å²) in [6, 6.07) is 29.4. The minimum atomic E-state index is -0.768. The van der Waals surface area contributed by atoms with E-state index in [4.69, 9.17) is 18.9 Å². The molecule has 2 amide bonds. The second-order valence-corrected chi connectivity index (χ2v) is 10.0. The normalized spacial score (nSPS) is 11.3. The third-order valence-electron chi connectivity index (χ3n) is 7.21. The minimum Gasteiger partial charge on any atom is -0.497 e. The Morgan fingerprint density at radius 2 is 1.23 bits per heavy atom. The zero-order chi connectivity index (χ0) is 30.6. The van der Waals surface area contributed by atoms with Gasteiger partial charge in [0.25, 0.3) is 0 Å². The highest BCUT2D eigenvalue weighted by molar-refractivity contribution is 5.89. The fraction of sp³-hybridized carbons (Fsp3) is 0.257. The first-order chi connectivity index (χ1) is 20.9. The highest BCUT2D eigenvalue weighted by Crippen LogP contribution is 2.28. The van der Waals surface area contributed by atoms with Crippen LogP contribution in [0.1, 0.15) is 22.3 Å². The molecule has 4 aromatic rings. The molecule has 0 radical (unpaired) electrons. The maximum absolute atomic E-state index is 14.1. The summed E-state index contributed by atoms with van der Waals surface area (Å²) in [5.74, 6) is 2.13. The molecule has 0 bridgehead atoms. The third kappa shape index (κ3) is 8.52. The molecule has 8 nitrogen and oxygen atoms in total. The van der Waals surface area contributed by atoms with Gasteiger partial charge >= 0.3 is 0 Å². The smallest absolute Gasteiger partial charge is 0.243 e. The fourth-order valence-corrected chi connectivity index (χ4v) is 4.80. The molecule has 0 heterocycles. The van der Waals surface area contributed by atoms with Gasteiger partial charge in [-0.25, -0.2) is 0 Å². The van der Waals surface area contributed by atoms with Crippen molar-refractivity contribution in [1.29, 1.82) is 0 Å². The van der Waals surface area contributed by atoms with E-state index in [-0.39, 0.29) is 24.8 Å². The molecule has 0 saturated heterocycles. The fourth-order valence-electron chi connectivity index (χ4n) is 4.80. The van der Waals surface area contributed by atoms with Crippen molar-refractivity contribution in [2.45, 2.75) is 32.0 Å². The number of hydrogen-bond donors (Lipinski definition) is 1. The number of carbonyl (C=O) groups is 2. The molecule has 4 rings (SSSR count). The van der Waals surface area contributed by atoms with Crippen LogP contribution in [0.15, 0.2) is 97.1 Å². The van der Waals surface area contributed by atoms with E-state index in [9.17, 15) is 9.59 Å². The molecule has 1 N–H and O–H groups in total. The number of benzene rings is 4. The molecular formula is C35H38N2O6. The van der Waals surface area contributed by atoms with Crippen LogP contribution in [0.3, 0.4) is 0 Å². The van der Waals surface area contributed by atoms with Crippen molar-refractivity contribution in [3.05, 3.63) is 119 Å². The van der Waals surface area contributed by atoms with Gasteiger partial charge in [-0.2, -0.15) is 0 Å². The molecule has 0 spiro atoms. The van der Waals surface area contributed by atoms with Crippen molar-refractivity contribution < 1.29 is 28.5 Å². The Morgan fingerprint density at radius 3 is 1.81 bits per heavy atom. The van der Waals surface area contributed by atoms with Crippen LogP contribution >= 0.6 is 0 Å². The van der Waals surface area contributed by atoms with Gasteiger partial charge in [0.15, 0.2) is 11.5 Å². The summed E-state index contributed by atoms with van der Waals surface area (Å²) >= 11 is 0. The van der Waals surface area contributed by atoms with Crippen molar-refractivity contribution in [3.63, 3.8) is 0 Å². The number of hydrogen-bond acceptors (Lipinski definition) is 6. The third-order valence-corrected chi connectivity index (χ3v) is 7.21. The van der Waals surface area contributed by atoms with E-state index in [1.165, 1.54) is 0 Å². The molecule has 0 saturated carbocycles. The van der Waals surface area contributed by atoms with Crippen molar-refractivity contribution in [2.24, 2.45) is 0 Å². The zero-order valence-corrected chi connectivity index (χ0v) is 25.0. The topological polar surface area (TPSA) is 86.3 Å². The lowest BCUT2D eigenvalue weighted by Crippen LogP contribution is -2.50. The Labute approximate surface area is 253 Å². The molecule has 224 valence electrons. The van der Waals surface area contributed by atoms with Crippen LogP contribution in [0, 0.1) is 0 Å². The molecule has 43 heavy (non-hydrogen) atoms. The van der Waals surface area contributed by atoms with Crippen LogP contribution in [0.2, 0.25) is 0 Å². The molecule has 4 aromatic carbocycles. The summed E-state index contributed by atoms with van der Waals surface area (Å²) in [6.07, 6.45) is 0.427. The molecule has 0 fully saturated rings. The summed E-state index contributed by atoms with van der Waals surface area (Å²) in [5, 5.41) is 3.06. The molecular weight excluding hydrogens is 544 g/mol. The summed E-state index contributed by atoms with van der Waals surface area (Å²) in [4.78, 5) is 29.7. The number of rotatable bonds is 14. The second-order valence-electron chi connectivity index (χ2n) is 10.0. The summed E-state index contributed by atoms with van der Waals surface area (Å²) < 4.78 is 21.4. The average molecular weight is 583 g/mol. The van der Waals surface area contributed by atoms with E-state index >= 15 is 0 Å². The van der Waals surface area contributed by atoms with Crippen LogP contribution in [0.25, 0.3) is 0 Å². The Kier molecular flexibility index (Phi) is 11.0. The number of ether oxygens (including phenoxy) is 4. The SMILES string of the molecule is COc1ccc(CNC(=O)C(Cc2ccccc2)N(Cc2ccc(OC)cc2)C(=O)Cc2ccc(OC)c(OC)c2)cc1. The van der Waals surface area contributed by atoms with Crippen LogP contribution in [-0.4, -0.2) is 51.2 Å². The Hall–Kier alpha value is -4.98. The van der Waals surface area contributed by atoms with Gasteiger partial charge in [0.1, 0.15) is 17.5 Å². The number of nitrogens with zero attached hydrogens (tertiary/aromatic N) is 1. The van der Waals surface area contributed by atoms with E-state index in [1.807, 2.05) is 84.9 Å². The van der Waals surface area contributed by atoms with Crippen molar-refractivity contribution >= 4 is 11.8 Å². The second kappa shape index (κ2) is 15.3. The monoisotopic (exact) mass is 582 g/mol. The lowest BCUT2D eigenvalue weighted by molar-refractivity contribution is -0.140. The number of nitrogens with one attached hydrogen (secondary N) is 1. The van der Waals surface area contributed by atoms with Crippen molar-refractivity contribution in [3.8, 4) is 23.0 Å². The van der Waals surface area contributed by atoms with Gasteiger partial charge in [-0.05, 0) is 58.7 Å². The lowest BCUT2D eigenvalue weighted by atomic mass is 10.0. The molecule has 0 aliphatic heterocycles. The first-order valence-corrected chi connectivity index (χ1v) is 14.0. The highest BCUT2D eigenvalue weighted by atomic mass is 16.5. The maximum Gasteiger partial charge on any atom is 0.243 e. The van der Waals surface area contributed by atoms with Gasteiger partial charge in [0.05, 0.1) is 34.9 Å². The van der Waals surface area contributed by atoms with Crippen LogP contribution in [-0.2, 0) is 35.5 Å². The predicted octanol–water partition coefficient (Wildman–Crippen LogP) is 5.22. The Balaban J connectivity index is 1.66. The Bertz CT molecular complexity index is 1470.